The largest absolute Gasteiger partial charge is 0.481 e. The Morgan fingerprint density at radius 3 is 2.89 bits per heavy atom. The summed E-state index contributed by atoms with van der Waals surface area (Å²) in [5.74, 6) is -1.95. The molecule has 0 bridgehead atoms. The van der Waals surface area contributed by atoms with E-state index in [9.17, 15) is 9.59 Å². The number of hydrogen-bond acceptors (Lipinski definition) is 3. The van der Waals surface area contributed by atoms with Crippen LogP contribution in [-0.4, -0.2) is 34.0 Å². The predicted molar refractivity (Wildman–Crippen MR) is 68.7 cm³/mol. The Bertz CT molecular complexity index is 664. The van der Waals surface area contributed by atoms with Gasteiger partial charge in [0.25, 0.3) is 0 Å². The van der Waals surface area contributed by atoms with Gasteiger partial charge in [0.2, 0.25) is 5.91 Å². The number of amides is 1. The number of carboxylic acid groups (broad SMARTS) is 1. The summed E-state index contributed by atoms with van der Waals surface area (Å²) >= 11 is 0. The van der Waals surface area contributed by atoms with Gasteiger partial charge in [-0.3, -0.25) is 9.59 Å². The number of carbonyl (C=O) groups is 2. The van der Waals surface area contributed by atoms with Gasteiger partial charge >= 0.3 is 5.97 Å². The van der Waals surface area contributed by atoms with E-state index in [2.05, 4.69) is 9.97 Å². The first-order chi connectivity index (χ1) is 9.08. The molecule has 0 saturated heterocycles. The quantitative estimate of drug-likeness (QED) is 0.868. The molecule has 98 valence electrons. The van der Waals surface area contributed by atoms with Crippen molar-refractivity contribution in [2.75, 3.05) is 11.9 Å². The number of carboxylic acids is 1. The second-order valence-corrected chi connectivity index (χ2v) is 4.79. The Hall–Kier alpha value is -2.37. The molecule has 1 aromatic carbocycles. The fourth-order valence-corrected chi connectivity index (χ4v) is 2.25. The van der Waals surface area contributed by atoms with Crippen molar-refractivity contribution in [1.29, 1.82) is 0 Å². The van der Waals surface area contributed by atoms with E-state index in [1.54, 1.807) is 19.4 Å². The summed E-state index contributed by atoms with van der Waals surface area (Å²) in [4.78, 5) is 31.5. The van der Waals surface area contributed by atoms with Crippen LogP contribution in [0.3, 0.4) is 0 Å². The average molecular weight is 259 g/mol. The highest BCUT2D eigenvalue weighted by Crippen LogP contribution is 2.40. The van der Waals surface area contributed by atoms with E-state index in [1.807, 2.05) is 12.1 Å². The Kier molecular flexibility index (Phi) is 2.51. The number of nitrogens with zero attached hydrogens (tertiary/aromatic N) is 2. The molecule has 6 nitrogen and oxygen atoms in total. The zero-order chi connectivity index (χ0) is 13.6. The summed E-state index contributed by atoms with van der Waals surface area (Å²) < 4.78 is 0. The number of benzene rings is 1. The van der Waals surface area contributed by atoms with Gasteiger partial charge in [-0.2, -0.15) is 0 Å². The molecule has 1 aromatic heterocycles. The topological polar surface area (TPSA) is 86.3 Å². The number of H-pyrrole nitrogens is 1. The van der Waals surface area contributed by atoms with Crippen molar-refractivity contribution in [2.45, 2.75) is 6.42 Å². The number of aliphatic carboxylic acids is 1. The summed E-state index contributed by atoms with van der Waals surface area (Å²) in [6.07, 6.45) is 2.03. The molecule has 2 N–H and O–H groups in total. The number of aromatic nitrogens is 2. The summed E-state index contributed by atoms with van der Waals surface area (Å²) in [5.41, 5.74) is 2.42. The molecule has 2 unspecified atom stereocenters. The third-order valence-electron chi connectivity index (χ3n) is 3.55. The monoisotopic (exact) mass is 259 g/mol. The van der Waals surface area contributed by atoms with Crippen molar-refractivity contribution in [3.8, 4) is 0 Å². The summed E-state index contributed by atoms with van der Waals surface area (Å²) in [5, 5.41) is 8.85. The maximum atomic E-state index is 12.1. The van der Waals surface area contributed by atoms with Crippen molar-refractivity contribution in [3.63, 3.8) is 0 Å². The minimum atomic E-state index is -0.893. The molecule has 19 heavy (non-hydrogen) atoms. The number of fused-ring (bicyclic) bond motifs is 1. The van der Waals surface area contributed by atoms with E-state index < -0.39 is 11.9 Å². The lowest BCUT2D eigenvalue weighted by Crippen LogP contribution is -2.28. The molecular formula is C13H13N3O3. The number of aromatic amines is 1. The molecule has 3 rings (SSSR count). The number of nitrogens with one attached hydrogen (secondary N) is 1. The molecule has 1 aliphatic rings. The summed E-state index contributed by atoms with van der Waals surface area (Å²) in [6.45, 7) is 0. The van der Waals surface area contributed by atoms with Crippen molar-refractivity contribution < 1.29 is 14.7 Å². The van der Waals surface area contributed by atoms with Crippen LogP contribution in [0.2, 0.25) is 0 Å². The van der Waals surface area contributed by atoms with Crippen LogP contribution < -0.4 is 4.90 Å². The summed E-state index contributed by atoms with van der Waals surface area (Å²) in [6, 6.07) is 5.46. The molecule has 6 heteroatoms. The highest BCUT2D eigenvalue weighted by molar-refractivity contribution is 6.00. The molecule has 1 saturated carbocycles. The van der Waals surface area contributed by atoms with E-state index in [-0.39, 0.29) is 11.8 Å². The predicted octanol–water partition coefficient (Wildman–Crippen LogP) is 1.25. The van der Waals surface area contributed by atoms with Crippen LogP contribution >= 0.6 is 0 Å². The molecule has 1 amide bonds. The third kappa shape index (κ3) is 1.95. The first kappa shape index (κ1) is 11.7. The molecule has 0 spiro atoms. The average Bonchev–Trinajstić information content (AvgIpc) is 3.07. The molecule has 1 fully saturated rings. The van der Waals surface area contributed by atoms with Gasteiger partial charge in [-0.1, -0.05) is 0 Å². The van der Waals surface area contributed by atoms with Crippen LogP contribution in [0, 0.1) is 11.8 Å². The van der Waals surface area contributed by atoms with Crippen LogP contribution in [0.15, 0.2) is 24.5 Å². The summed E-state index contributed by atoms with van der Waals surface area (Å²) in [7, 11) is 1.66. The lowest BCUT2D eigenvalue weighted by molar-refractivity contribution is -0.139. The lowest BCUT2D eigenvalue weighted by atomic mass is 10.2. The number of hydrogen-bond donors (Lipinski definition) is 2. The zero-order valence-electron chi connectivity index (χ0n) is 10.3. The van der Waals surface area contributed by atoms with Gasteiger partial charge in [-0.15, -0.1) is 0 Å². The Labute approximate surface area is 109 Å². The van der Waals surface area contributed by atoms with E-state index in [4.69, 9.17) is 5.11 Å². The maximum absolute atomic E-state index is 12.1. The van der Waals surface area contributed by atoms with Crippen LogP contribution in [0.4, 0.5) is 5.69 Å². The standard InChI is InChI=1S/C13H13N3O3/c1-16(12(17)8-5-9(8)13(18)19)7-2-3-10-11(4-7)15-6-14-10/h2-4,6,8-9H,5H2,1H3,(H,14,15)(H,18,19). The van der Waals surface area contributed by atoms with Gasteiger partial charge in [0, 0.05) is 12.7 Å². The second kappa shape index (κ2) is 4.08. The smallest absolute Gasteiger partial charge is 0.307 e. The third-order valence-corrected chi connectivity index (χ3v) is 3.55. The van der Waals surface area contributed by atoms with Gasteiger partial charge in [0.1, 0.15) is 0 Å². The molecule has 1 aliphatic carbocycles. The van der Waals surface area contributed by atoms with E-state index in [0.29, 0.717) is 6.42 Å². The molecule has 1 heterocycles. The van der Waals surface area contributed by atoms with E-state index >= 15 is 0 Å². The number of imidazole rings is 1. The van der Waals surface area contributed by atoms with Crippen LogP contribution in [0.1, 0.15) is 6.42 Å². The molecule has 2 aromatic rings. The van der Waals surface area contributed by atoms with Gasteiger partial charge in [-0.05, 0) is 24.6 Å². The fourth-order valence-electron chi connectivity index (χ4n) is 2.25. The maximum Gasteiger partial charge on any atom is 0.307 e. The first-order valence-electron chi connectivity index (χ1n) is 6.01. The van der Waals surface area contributed by atoms with Crippen molar-refractivity contribution >= 4 is 28.6 Å². The molecule has 0 radical (unpaired) electrons. The lowest BCUT2D eigenvalue weighted by Gasteiger charge is -2.17. The minimum Gasteiger partial charge on any atom is -0.481 e. The van der Waals surface area contributed by atoms with Crippen LogP contribution in [0.5, 0.6) is 0 Å². The number of anilines is 1. The van der Waals surface area contributed by atoms with Crippen molar-refractivity contribution in [3.05, 3.63) is 24.5 Å². The Balaban J connectivity index is 1.81. The Morgan fingerprint density at radius 1 is 1.42 bits per heavy atom. The fraction of sp³-hybridized carbons (Fsp3) is 0.308. The van der Waals surface area contributed by atoms with E-state index in [1.165, 1.54) is 4.90 Å². The molecular weight excluding hydrogens is 246 g/mol. The van der Waals surface area contributed by atoms with Gasteiger partial charge in [0.05, 0.1) is 29.2 Å². The number of rotatable bonds is 3. The van der Waals surface area contributed by atoms with Gasteiger partial charge < -0.3 is 15.0 Å². The van der Waals surface area contributed by atoms with E-state index in [0.717, 1.165) is 16.7 Å². The van der Waals surface area contributed by atoms with Crippen molar-refractivity contribution in [1.82, 2.24) is 9.97 Å². The SMILES string of the molecule is CN(C(=O)C1CC1C(=O)O)c1ccc2nc[nH]c2c1. The van der Waals surface area contributed by atoms with Crippen molar-refractivity contribution in [2.24, 2.45) is 11.8 Å². The van der Waals surface area contributed by atoms with Crippen LogP contribution in [-0.2, 0) is 9.59 Å². The highest BCUT2D eigenvalue weighted by atomic mass is 16.4. The molecule has 0 aliphatic heterocycles. The normalized spacial score (nSPS) is 21.3. The number of carbonyl (C=O) groups excluding carboxylic acids is 1. The second-order valence-electron chi connectivity index (χ2n) is 4.79. The van der Waals surface area contributed by atoms with Gasteiger partial charge in [0.15, 0.2) is 0 Å². The van der Waals surface area contributed by atoms with Crippen LogP contribution in [0.25, 0.3) is 11.0 Å². The minimum absolute atomic E-state index is 0.147. The molecule has 2 atom stereocenters. The first-order valence-corrected chi connectivity index (χ1v) is 6.01. The Morgan fingerprint density at radius 2 is 2.21 bits per heavy atom. The van der Waals surface area contributed by atoms with Gasteiger partial charge in [-0.25, -0.2) is 4.98 Å². The zero-order valence-corrected chi connectivity index (χ0v) is 10.3. The highest BCUT2D eigenvalue weighted by Gasteiger charge is 2.49.